The van der Waals surface area contributed by atoms with E-state index in [9.17, 15) is 4.79 Å². The Morgan fingerprint density at radius 1 is 1.10 bits per heavy atom. The minimum Gasteiger partial charge on any atom is -0.449 e. The summed E-state index contributed by atoms with van der Waals surface area (Å²) in [5.74, 6) is -0.658. The highest BCUT2D eigenvalue weighted by Gasteiger charge is 2.16. The molecule has 0 fully saturated rings. The van der Waals surface area contributed by atoms with Crippen molar-refractivity contribution in [3.8, 4) is 11.1 Å². The van der Waals surface area contributed by atoms with Gasteiger partial charge >= 0.3 is 0 Å². The van der Waals surface area contributed by atoms with Crippen LogP contribution in [0.1, 0.15) is 10.6 Å². The van der Waals surface area contributed by atoms with E-state index in [1.54, 1.807) is 0 Å². The summed E-state index contributed by atoms with van der Waals surface area (Å²) in [6.45, 7) is 0. The molecule has 0 spiro atoms. The van der Waals surface area contributed by atoms with Crippen LogP contribution in [0.2, 0.25) is 0 Å². The van der Waals surface area contributed by atoms with Gasteiger partial charge in [-0.2, -0.15) is 0 Å². The molecule has 1 aromatic heterocycles. The predicted molar refractivity (Wildman–Crippen MR) is 82.3 cm³/mol. The van der Waals surface area contributed by atoms with E-state index < -0.39 is 5.91 Å². The molecule has 20 heavy (non-hydrogen) atoms. The Morgan fingerprint density at radius 2 is 1.85 bits per heavy atom. The number of hydrogen-bond donors (Lipinski definition) is 2. The van der Waals surface area contributed by atoms with Gasteiger partial charge in [0.1, 0.15) is 5.58 Å². The zero-order chi connectivity index (χ0) is 14.3. The number of rotatable bonds is 2. The smallest absolute Gasteiger partial charge is 0.286 e. The first-order valence-corrected chi connectivity index (χ1v) is 6.73. The maximum absolute atomic E-state index is 11.2. The molecule has 0 unspecified atom stereocenters. The second kappa shape index (κ2) is 4.68. The van der Waals surface area contributed by atoms with Crippen LogP contribution in [0.4, 0.5) is 5.69 Å². The summed E-state index contributed by atoms with van der Waals surface area (Å²) < 4.78 is 6.43. The highest BCUT2D eigenvalue weighted by Crippen LogP contribution is 2.32. The monoisotopic (exact) mass is 330 g/mol. The van der Waals surface area contributed by atoms with Gasteiger partial charge in [-0.05, 0) is 35.4 Å². The number of halogens is 1. The maximum Gasteiger partial charge on any atom is 0.286 e. The zero-order valence-electron chi connectivity index (χ0n) is 10.4. The summed E-state index contributed by atoms with van der Waals surface area (Å²) >= 11 is 3.44. The number of fused-ring (bicyclic) bond motifs is 1. The van der Waals surface area contributed by atoms with Crippen molar-refractivity contribution in [3.63, 3.8) is 0 Å². The molecule has 100 valence electrons. The minimum atomic E-state index is -0.664. The molecule has 1 heterocycles. The summed E-state index contributed by atoms with van der Waals surface area (Å²) in [5.41, 5.74) is 13.9. The summed E-state index contributed by atoms with van der Waals surface area (Å²) in [7, 11) is 0. The quantitative estimate of drug-likeness (QED) is 0.753. The Balaban J connectivity index is 2.18. The summed E-state index contributed by atoms with van der Waals surface area (Å²) in [5, 5.41) is 0.692. The molecule has 4 N–H and O–H groups in total. The molecule has 0 saturated carbocycles. The molecule has 0 aliphatic rings. The lowest BCUT2D eigenvalue weighted by Crippen LogP contribution is -2.11. The molecular weight excluding hydrogens is 320 g/mol. The van der Waals surface area contributed by atoms with E-state index in [0.29, 0.717) is 11.0 Å². The number of furan rings is 1. The van der Waals surface area contributed by atoms with Crippen molar-refractivity contribution < 1.29 is 9.21 Å². The Hall–Kier alpha value is -2.27. The summed E-state index contributed by atoms with van der Waals surface area (Å²) in [6.07, 6.45) is 0. The fourth-order valence-corrected chi connectivity index (χ4v) is 2.55. The molecule has 5 heteroatoms. The van der Waals surface area contributed by atoms with E-state index in [2.05, 4.69) is 15.9 Å². The van der Waals surface area contributed by atoms with E-state index in [4.69, 9.17) is 15.9 Å². The Labute approximate surface area is 123 Å². The van der Waals surface area contributed by atoms with Crippen molar-refractivity contribution in [3.05, 3.63) is 52.7 Å². The second-order valence-corrected chi connectivity index (χ2v) is 5.35. The second-order valence-electron chi connectivity index (χ2n) is 4.43. The Kier molecular flexibility index (Phi) is 2.99. The molecule has 0 atom stereocenters. The van der Waals surface area contributed by atoms with Crippen LogP contribution in [-0.4, -0.2) is 5.91 Å². The first-order valence-electron chi connectivity index (χ1n) is 5.94. The number of amides is 1. The van der Waals surface area contributed by atoms with E-state index in [0.717, 1.165) is 15.6 Å². The molecule has 3 rings (SSSR count). The molecule has 0 aliphatic heterocycles. The van der Waals surface area contributed by atoms with Gasteiger partial charge in [-0.1, -0.05) is 34.1 Å². The van der Waals surface area contributed by atoms with Gasteiger partial charge in [0.25, 0.3) is 5.91 Å². The number of nitrogens with two attached hydrogens (primary N) is 2. The van der Waals surface area contributed by atoms with Crippen LogP contribution in [0.25, 0.3) is 22.1 Å². The number of primary amides is 1. The van der Waals surface area contributed by atoms with Crippen molar-refractivity contribution in [1.29, 1.82) is 0 Å². The number of anilines is 1. The maximum atomic E-state index is 11.2. The first-order chi connectivity index (χ1) is 9.56. The summed E-state index contributed by atoms with van der Waals surface area (Å²) in [6, 6.07) is 13.5. The molecule has 2 aromatic carbocycles. The van der Waals surface area contributed by atoms with Crippen LogP contribution >= 0.6 is 15.9 Å². The fraction of sp³-hybridized carbons (Fsp3) is 0. The third kappa shape index (κ3) is 2.06. The molecule has 3 aromatic rings. The van der Waals surface area contributed by atoms with E-state index in [1.165, 1.54) is 0 Å². The van der Waals surface area contributed by atoms with Crippen LogP contribution in [0.5, 0.6) is 0 Å². The normalized spacial score (nSPS) is 10.8. The summed E-state index contributed by atoms with van der Waals surface area (Å²) in [4.78, 5) is 11.2. The number of hydrogen-bond acceptors (Lipinski definition) is 3. The van der Waals surface area contributed by atoms with Gasteiger partial charge in [0.15, 0.2) is 0 Å². The lowest BCUT2D eigenvalue weighted by atomic mass is 10.0. The van der Waals surface area contributed by atoms with Gasteiger partial charge in [0, 0.05) is 9.86 Å². The van der Waals surface area contributed by atoms with Crippen molar-refractivity contribution in [1.82, 2.24) is 0 Å². The fourth-order valence-electron chi connectivity index (χ4n) is 2.15. The van der Waals surface area contributed by atoms with Crippen LogP contribution < -0.4 is 11.5 Å². The number of benzene rings is 2. The number of carbonyl (C=O) groups excluding carboxylic acids is 1. The van der Waals surface area contributed by atoms with Crippen LogP contribution in [0.3, 0.4) is 0 Å². The van der Waals surface area contributed by atoms with E-state index in [1.807, 2.05) is 42.5 Å². The molecule has 0 saturated heterocycles. The van der Waals surface area contributed by atoms with Crippen molar-refractivity contribution >= 4 is 38.5 Å². The Bertz CT molecular complexity index is 824. The molecule has 4 nitrogen and oxygen atoms in total. The minimum absolute atomic E-state index is 0.00592. The van der Waals surface area contributed by atoms with Gasteiger partial charge in [0.2, 0.25) is 5.76 Å². The highest BCUT2D eigenvalue weighted by atomic mass is 79.9. The van der Waals surface area contributed by atoms with Gasteiger partial charge < -0.3 is 15.9 Å². The van der Waals surface area contributed by atoms with Gasteiger partial charge in [-0.15, -0.1) is 0 Å². The third-order valence-electron chi connectivity index (χ3n) is 3.11. The zero-order valence-corrected chi connectivity index (χ0v) is 12.0. The highest BCUT2D eigenvalue weighted by molar-refractivity contribution is 9.10. The van der Waals surface area contributed by atoms with Crippen LogP contribution in [-0.2, 0) is 0 Å². The molecule has 0 bridgehead atoms. The van der Waals surface area contributed by atoms with Gasteiger partial charge in [0.05, 0.1) is 5.69 Å². The number of carbonyl (C=O) groups is 1. The van der Waals surface area contributed by atoms with Gasteiger partial charge in [-0.25, -0.2) is 0 Å². The largest absolute Gasteiger partial charge is 0.449 e. The topological polar surface area (TPSA) is 82.2 Å². The van der Waals surface area contributed by atoms with Gasteiger partial charge in [-0.3, -0.25) is 4.79 Å². The molecule has 0 aliphatic carbocycles. The van der Waals surface area contributed by atoms with Crippen molar-refractivity contribution in [2.45, 2.75) is 0 Å². The standard InChI is InChI=1S/C15H11BrN2O2/c16-10-3-1-2-8(6-10)9-4-5-11-12(7-9)20-14(13(11)17)15(18)19/h1-7H,17H2,(H2,18,19). The molecule has 1 amide bonds. The number of nitrogen functional groups attached to an aromatic ring is 1. The van der Waals surface area contributed by atoms with Crippen LogP contribution in [0.15, 0.2) is 51.4 Å². The SMILES string of the molecule is NC(=O)c1oc2cc(-c3cccc(Br)c3)ccc2c1N. The van der Waals surface area contributed by atoms with Crippen molar-refractivity contribution in [2.75, 3.05) is 5.73 Å². The van der Waals surface area contributed by atoms with Crippen molar-refractivity contribution in [2.24, 2.45) is 5.73 Å². The van der Waals surface area contributed by atoms with Crippen LogP contribution in [0, 0.1) is 0 Å². The molecular formula is C15H11BrN2O2. The lowest BCUT2D eigenvalue weighted by molar-refractivity contribution is 0.0977. The lowest BCUT2D eigenvalue weighted by Gasteiger charge is -2.02. The average Bonchev–Trinajstić information content (AvgIpc) is 2.76. The first kappa shape index (κ1) is 12.7. The Morgan fingerprint density at radius 3 is 2.55 bits per heavy atom. The van der Waals surface area contributed by atoms with E-state index in [-0.39, 0.29) is 11.4 Å². The molecule has 0 radical (unpaired) electrons. The third-order valence-corrected chi connectivity index (χ3v) is 3.60. The predicted octanol–water partition coefficient (Wildman–Crippen LogP) is 3.54. The van der Waals surface area contributed by atoms with E-state index >= 15 is 0 Å². The average molecular weight is 331 g/mol.